The summed E-state index contributed by atoms with van der Waals surface area (Å²) < 4.78 is 32.6. The molecule has 0 bridgehead atoms. The van der Waals surface area contributed by atoms with Gasteiger partial charge in [0, 0.05) is 19.2 Å². The summed E-state index contributed by atoms with van der Waals surface area (Å²) in [5.41, 5.74) is -0.146. The van der Waals surface area contributed by atoms with Crippen LogP contribution in [-0.4, -0.2) is 45.5 Å². The van der Waals surface area contributed by atoms with Crippen molar-refractivity contribution in [3.8, 4) is 0 Å². The third-order valence-electron chi connectivity index (χ3n) is 3.93. The molecule has 1 aliphatic heterocycles. The standard InChI is InChI=1S/C13H28N2O3S/c1-4-13(5-2)11-12(7-9-18-13)15-19(16,17)10-8-14-6-3/h12,14-15H,4-11H2,1-3H3. The zero-order chi connectivity index (χ0) is 14.4. The summed E-state index contributed by atoms with van der Waals surface area (Å²) in [7, 11) is -3.19. The van der Waals surface area contributed by atoms with Crippen LogP contribution in [0, 0.1) is 0 Å². The lowest BCUT2D eigenvalue weighted by Gasteiger charge is -2.40. The highest BCUT2D eigenvalue weighted by atomic mass is 32.2. The molecule has 1 aliphatic rings. The highest BCUT2D eigenvalue weighted by molar-refractivity contribution is 7.89. The quantitative estimate of drug-likeness (QED) is 0.661. The lowest BCUT2D eigenvalue weighted by Crippen LogP contribution is -2.49. The van der Waals surface area contributed by atoms with Crippen molar-refractivity contribution in [3.05, 3.63) is 0 Å². The van der Waals surface area contributed by atoms with E-state index >= 15 is 0 Å². The Kier molecular flexibility index (Phi) is 6.73. The maximum Gasteiger partial charge on any atom is 0.213 e. The molecule has 5 nitrogen and oxygen atoms in total. The zero-order valence-electron chi connectivity index (χ0n) is 12.4. The normalized spacial score (nSPS) is 23.4. The minimum absolute atomic E-state index is 0.0141. The second-order valence-corrected chi connectivity index (χ2v) is 7.09. The molecule has 0 spiro atoms. The van der Waals surface area contributed by atoms with Crippen LogP contribution in [0.4, 0.5) is 0 Å². The minimum Gasteiger partial charge on any atom is -0.375 e. The largest absolute Gasteiger partial charge is 0.375 e. The van der Waals surface area contributed by atoms with Crippen LogP contribution in [0.1, 0.15) is 46.5 Å². The molecular formula is C13H28N2O3S. The maximum absolute atomic E-state index is 12.0. The third kappa shape index (κ3) is 5.38. The molecule has 0 aromatic carbocycles. The fraction of sp³-hybridized carbons (Fsp3) is 1.00. The Morgan fingerprint density at radius 2 is 1.95 bits per heavy atom. The van der Waals surface area contributed by atoms with Crippen molar-refractivity contribution in [3.63, 3.8) is 0 Å². The average Bonchev–Trinajstić information content (AvgIpc) is 2.38. The molecule has 1 fully saturated rings. The minimum atomic E-state index is -3.19. The Morgan fingerprint density at radius 1 is 1.26 bits per heavy atom. The topological polar surface area (TPSA) is 67.4 Å². The van der Waals surface area contributed by atoms with E-state index in [-0.39, 0.29) is 17.4 Å². The summed E-state index contributed by atoms with van der Waals surface area (Å²) in [6.07, 6.45) is 3.40. The van der Waals surface area contributed by atoms with Crippen molar-refractivity contribution >= 4 is 10.0 Å². The highest BCUT2D eigenvalue weighted by Crippen LogP contribution is 2.31. The van der Waals surface area contributed by atoms with Crippen LogP contribution in [0.2, 0.25) is 0 Å². The summed E-state index contributed by atoms with van der Waals surface area (Å²) in [6.45, 7) is 8.11. The van der Waals surface area contributed by atoms with Crippen molar-refractivity contribution < 1.29 is 13.2 Å². The van der Waals surface area contributed by atoms with Crippen LogP contribution in [0.5, 0.6) is 0 Å². The Labute approximate surface area is 117 Å². The second-order valence-electron chi connectivity index (χ2n) is 5.22. The Morgan fingerprint density at radius 3 is 2.53 bits per heavy atom. The number of nitrogens with one attached hydrogen (secondary N) is 2. The van der Waals surface area contributed by atoms with Crippen LogP contribution >= 0.6 is 0 Å². The van der Waals surface area contributed by atoms with Crippen LogP contribution in [0.25, 0.3) is 0 Å². The van der Waals surface area contributed by atoms with Crippen LogP contribution in [-0.2, 0) is 14.8 Å². The molecule has 1 unspecified atom stereocenters. The number of ether oxygens (including phenoxy) is 1. The van der Waals surface area contributed by atoms with Gasteiger partial charge in [-0.05, 0) is 32.2 Å². The molecular weight excluding hydrogens is 264 g/mol. The molecule has 6 heteroatoms. The van der Waals surface area contributed by atoms with Gasteiger partial charge in [0.05, 0.1) is 11.4 Å². The van der Waals surface area contributed by atoms with Gasteiger partial charge in [0.2, 0.25) is 10.0 Å². The molecule has 0 aliphatic carbocycles. The van der Waals surface area contributed by atoms with Crippen LogP contribution in [0.15, 0.2) is 0 Å². The van der Waals surface area contributed by atoms with Crippen molar-refractivity contribution in [1.82, 2.24) is 10.0 Å². The Hall–Kier alpha value is -0.170. The fourth-order valence-electron chi connectivity index (χ4n) is 2.57. The average molecular weight is 292 g/mol. The van der Waals surface area contributed by atoms with E-state index in [1.54, 1.807) is 0 Å². The van der Waals surface area contributed by atoms with Gasteiger partial charge in [-0.25, -0.2) is 13.1 Å². The van der Waals surface area contributed by atoms with Gasteiger partial charge in [0.1, 0.15) is 0 Å². The van der Waals surface area contributed by atoms with Crippen molar-refractivity contribution in [2.75, 3.05) is 25.4 Å². The van der Waals surface area contributed by atoms with Gasteiger partial charge in [-0.3, -0.25) is 0 Å². The molecule has 1 rings (SSSR count). The smallest absolute Gasteiger partial charge is 0.213 e. The molecule has 0 aromatic rings. The Bertz CT molecular complexity index is 353. The van der Waals surface area contributed by atoms with Crippen molar-refractivity contribution in [2.24, 2.45) is 0 Å². The first-order valence-electron chi connectivity index (χ1n) is 7.31. The number of hydrogen-bond donors (Lipinski definition) is 2. The number of hydrogen-bond acceptors (Lipinski definition) is 4. The van der Waals surface area contributed by atoms with Crippen molar-refractivity contribution in [2.45, 2.75) is 58.1 Å². The molecule has 0 saturated carbocycles. The summed E-state index contributed by atoms with van der Waals surface area (Å²) in [5.74, 6) is 0.142. The monoisotopic (exact) mass is 292 g/mol. The zero-order valence-corrected chi connectivity index (χ0v) is 13.2. The molecule has 114 valence electrons. The number of sulfonamides is 1. The van der Waals surface area contributed by atoms with E-state index in [1.807, 2.05) is 6.92 Å². The summed E-state index contributed by atoms with van der Waals surface area (Å²) in [6, 6.07) is 0.0141. The summed E-state index contributed by atoms with van der Waals surface area (Å²) in [5, 5.41) is 3.04. The highest BCUT2D eigenvalue weighted by Gasteiger charge is 2.35. The third-order valence-corrected chi connectivity index (χ3v) is 5.36. The maximum atomic E-state index is 12.0. The fourth-order valence-corrected chi connectivity index (χ4v) is 3.81. The molecule has 2 N–H and O–H groups in total. The van der Waals surface area contributed by atoms with E-state index in [2.05, 4.69) is 23.9 Å². The predicted molar refractivity (Wildman–Crippen MR) is 77.8 cm³/mol. The molecule has 0 amide bonds. The van der Waals surface area contributed by atoms with Gasteiger partial charge in [-0.1, -0.05) is 20.8 Å². The molecule has 1 atom stereocenters. The van der Waals surface area contributed by atoms with Crippen LogP contribution < -0.4 is 10.0 Å². The van der Waals surface area contributed by atoms with E-state index in [0.29, 0.717) is 13.2 Å². The van der Waals surface area contributed by atoms with E-state index in [0.717, 1.165) is 32.2 Å². The molecule has 1 saturated heterocycles. The van der Waals surface area contributed by atoms with Gasteiger partial charge in [0.25, 0.3) is 0 Å². The Balaban J connectivity index is 2.52. The second kappa shape index (κ2) is 7.57. The first kappa shape index (κ1) is 16.9. The molecule has 1 heterocycles. The van der Waals surface area contributed by atoms with E-state index in [9.17, 15) is 8.42 Å². The predicted octanol–water partition coefficient (Wildman–Crippen LogP) is 1.25. The van der Waals surface area contributed by atoms with E-state index in [4.69, 9.17) is 4.74 Å². The molecule has 19 heavy (non-hydrogen) atoms. The molecule has 0 aromatic heterocycles. The summed E-state index contributed by atoms with van der Waals surface area (Å²) in [4.78, 5) is 0. The summed E-state index contributed by atoms with van der Waals surface area (Å²) >= 11 is 0. The first-order chi connectivity index (χ1) is 8.97. The lowest BCUT2D eigenvalue weighted by molar-refractivity contribution is -0.0905. The first-order valence-corrected chi connectivity index (χ1v) is 8.97. The molecule has 0 radical (unpaired) electrons. The van der Waals surface area contributed by atoms with Crippen molar-refractivity contribution in [1.29, 1.82) is 0 Å². The van der Waals surface area contributed by atoms with E-state index < -0.39 is 10.0 Å². The lowest BCUT2D eigenvalue weighted by atomic mass is 9.86. The van der Waals surface area contributed by atoms with Gasteiger partial charge in [0.15, 0.2) is 0 Å². The van der Waals surface area contributed by atoms with Crippen LogP contribution in [0.3, 0.4) is 0 Å². The van der Waals surface area contributed by atoms with Gasteiger partial charge in [-0.2, -0.15) is 0 Å². The van der Waals surface area contributed by atoms with Gasteiger partial charge < -0.3 is 10.1 Å². The van der Waals surface area contributed by atoms with Gasteiger partial charge >= 0.3 is 0 Å². The SMILES string of the molecule is CCNCCS(=O)(=O)NC1CCOC(CC)(CC)C1. The van der Waals surface area contributed by atoms with Gasteiger partial charge in [-0.15, -0.1) is 0 Å². The number of rotatable bonds is 8. The van der Waals surface area contributed by atoms with E-state index in [1.165, 1.54) is 0 Å².